The van der Waals surface area contributed by atoms with Crippen LogP contribution >= 0.6 is 0 Å². The second-order valence-electron chi connectivity index (χ2n) is 10.4. The fourth-order valence-electron chi connectivity index (χ4n) is 5.98. The van der Waals surface area contributed by atoms with Crippen molar-refractivity contribution in [2.75, 3.05) is 26.2 Å². The number of carbonyl (C=O) groups is 1. The van der Waals surface area contributed by atoms with Gasteiger partial charge in [-0.2, -0.15) is 0 Å². The van der Waals surface area contributed by atoms with Crippen molar-refractivity contribution in [2.24, 2.45) is 13.0 Å². The van der Waals surface area contributed by atoms with Crippen LogP contribution in [0.1, 0.15) is 55.6 Å². The van der Waals surface area contributed by atoms with Crippen LogP contribution in [0.5, 0.6) is 0 Å². The van der Waals surface area contributed by atoms with Crippen molar-refractivity contribution in [1.29, 1.82) is 0 Å². The highest BCUT2D eigenvalue weighted by Gasteiger charge is 2.29. The molecule has 2 heterocycles. The number of hydrogen-bond acceptors (Lipinski definition) is 3. The number of aromatic nitrogens is 1. The summed E-state index contributed by atoms with van der Waals surface area (Å²) in [4.78, 5) is 31.3. The van der Waals surface area contributed by atoms with Gasteiger partial charge in [0.25, 0.3) is 5.56 Å². The quantitative estimate of drug-likeness (QED) is 0.491. The zero-order chi connectivity index (χ0) is 24.2. The minimum atomic E-state index is -0.00421. The number of rotatable bonds is 7. The fourth-order valence-corrected chi connectivity index (χ4v) is 5.98. The predicted octanol–water partition coefficient (Wildman–Crippen LogP) is 4.94. The number of hydrogen-bond donors (Lipinski definition) is 0. The van der Waals surface area contributed by atoms with Crippen molar-refractivity contribution in [3.05, 3.63) is 82.1 Å². The van der Waals surface area contributed by atoms with Gasteiger partial charge in [-0.15, -0.1) is 0 Å². The molecule has 1 saturated carbocycles. The predicted molar refractivity (Wildman–Crippen MR) is 141 cm³/mol. The lowest BCUT2D eigenvalue weighted by Gasteiger charge is -2.31. The average Bonchev–Trinajstić information content (AvgIpc) is 3.39. The summed E-state index contributed by atoms with van der Waals surface area (Å²) in [6, 6.07) is 20.7. The van der Waals surface area contributed by atoms with E-state index >= 15 is 0 Å². The minimum Gasteiger partial charge on any atom is -0.337 e. The minimum absolute atomic E-state index is 0.00421. The molecule has 1 aliphatic carbocycles. The number of benzene rings is 2. The lowest BCUT2D eigenvalue weighted by Crippen LogP contribution is -2.42. The highest BCUT2D eigenvalue weighted by Crippen LogP contribution is 2.28. The van der Waals surface area contributed by atoms with Crippen molar-refractivity contribution in [3.8, 4) is 0 Å². The van der Waals surface area contributed by atoms with Gasteiger partial charge in [0.1, 0.15) is 0 Å². The summed E-state index contributed by atoms with van der Waals surface area (Å²) in [6.45, 7) is 4.02. The van der Waals surface area contributed by atoms with Gasteiger partial charge in [-0.05, 0) is 54.8 Å². The second kappa shape index (κ2) is 10.8. The molecule has 2 fully saturated rings. The van der Waals surface area contributed by atoms with Crippen LogP contribution in [0.2, 0.25) is 0 Å². The van der Waals surface area contributed by atoms with Crippen LogP contribution in [0.4, 0.5) is 0 Å². The van der Waals surface area contributed by atoms with Gasteiger partial charge in [-0.1, -0.05) is 67.8 Å². The smallest absolute Gasteiger partial charge is 0.255 e. The Morgan fingerprint density at radius 2 is 1.71 bits per heavy atom. The first-order valence-corrected chi connectivity index (χ1v) is 13.2. The molecule has 1 saturated heterocycles. The molecule has 1 aliphatic heterocycles. The SMILES string of the molecule is Cn1c(=O)c(CN(CCN2CCC(c3ccccc3)C2)C(=O)C2CCCCC2)cc2ccccc21. The molecule has 1 unspecified atom stereocenters. The average molecular weight is 472 g/mol. The summed E-state index contributed by atoms with van der Waals surface area (Å²) < 4.78 is 1.72. The first kappa shape index (κ1) is 23.8. The van der Waals surface area contributed by atoms with Crippen molar-refractivity contribution in [3.63, 3.8) is 0 Å². The molecule has 0 spiro atoms. The van der Waals surface area contributed by atoms with Crippen LogP contribution in [0.3, 0.4) is 0 Å². The van der Waals surface area contributed by atoms with Gasteiger partial charge in [0, 0.05) is 38.2 Å². The summed E-state index contributed by atoms with van der Waals surface area (Å²) in [5.41, 5.74) is 3.04. The van der Waals surface area contributed by atoms with Crippen LogP contribution in [0, 0.1) is 5.92 Å². The van der Waals surface area contributed by atoms with E-state index in [9.17, 15) is 9.59 Å². The molecule has 35 heavy (non-hydrogen) atoms. The summed E-state index contributed by atoms with van der Waals surface area (Å²) in [6.07, 6.45) is 6.60. The lowest BCUT2D eigenvalue weighted by atomic mass is 9.88. The lowest BCUT2D eigenvalue weighted by molar-refractivity contribution is -0.137. The molecule has 5 rings (SSSR count). The van der Waals surface area contributed by atoms with E-state index in [1.807, 2.05) is 42.3 Å². The van der Waals surface area contributed by atoms with Crippen molar-refractivity contribution in [2.45, 2.75) is 51.0 Å². The Labute approximate surface area is 208 Å². The maximum absolute atomic E-state index is 13.7. The monoisotopic (exact) mass is 471 g/mol. The third-order valence-electron chi connectivity index (χ3n) is 8.06. The zero-order valence-corrected chi connectivity index (χ0v) is 20.9. The Kier molecular flexibility index (Phi) is 7.33. The number of para-hydroxylation sites is 1. The van der Waals surface area contributed by atoms with Gasteiger partial charge >= 0.3 is 0 Å². The van der Waals surface area contributed by atoms with E-state index < -0.39 is 0 Å². The highest BCUT2D eigenvalue weighted by molar-refractivity contribution is 5.81. The van der Waals surface area contributed by atoms with Gasteiger partial charge in [-0.25, -0.2) is 0 Å². The van der Waals surface area contributed by atoms with Crippen LogP contribution in [0.25, 0.3) is 10.9 Å². The van der Waals surface area contributed by atoms with E-state index in [2.05, 4.69) is 35.2 Å². The van der Waals surface area contributed by atoms with Crippen molar-refractivity contribution < 1.29 is 4.79 Å². The van der Waals surface area contributed by atoms with Crippen LogP contribution in [0.15, 0.2) is 65.5 Å². The summed E-state index contributed by atoms with van der Waals surface area (Å²) in [5.74, 6) is 0.897. The topological polar surface area (TPSA) is 45.6 Å². The largest absolute Gasteiger partial charge is 0.337 e. The molecule has 0 radical (unpaired) electrons. The molecule has 1 atom stereocenters. The Morgan fingerprint density at radius 3 is 2.51 bits per heavy atom. The van der Waals surface area contributed by atoms with Crippen LogP contribution < -0.4 is 5.56 Å². The number of amides is 1. The van der Waals surface area contributed by atoms with E-state index in [1.165, 1.54) is 12.0 Å². The second-order valence-corrected chi connectivity index (χ2v) is 10.4. The molecule has 5 nitrogen and oxygen atoms in total. The fraction of sp³-hybridized carbons (Fsp3) is 0.467. The van der Waals surface area contributed by atoms with Gasteiger partial charge in [0.05, 0.1) is 12.1 Å². The highest BCUT2D eigenvalue weighted by atomic mass is 16.2. The zero-order valence-electron chi connectivity index (χ0n) is 20.9. The Morgan fingerprint density at radius 1 is 0.971 bits per heavy atom. The van der Waals surface area contributed by atoms with E-state index in [1.54, 1.807) is 4.57 Å². The van der Waals surface area contributed by atoms with E-state index in [0.29, 0.717) is 24.6 Å². The summed E-state index contributed by atoms with van der Waals surface area (Å²) in [5, 5.41) is 1.04. The molecule has 0 N–H and O–H groups in total. The van der Waals surface area contributed by atoms with Gasteiger partial charge in [0.2, 0.25) is 5.91 Å². The Balaban J connectivity index is 1.33. The third kappa shape index (κ3) is 5.35. The first-order valence-electron chi connectivity index (χ1n) is 13.2. The first-order chi connectivity index (χ1) is 17.1. The number of likely N-dealkylation sites (tertiary alicyclic amines) is 1. The van der Waals surface area contributed by atoms with E-state index in [-0.39, 0.29) is 17.4 Å². The van der Waals surface area contributed by atoms with Crippen molar-refractivity contribution >= 4 is 16.8 Å². The third-order valence-corrected chi connectivity index (χ3v) is 8.06. The van der Waals surface area contributed by atoms with E-state index in [4.69, 9.17) is 0 Å². The molecule has 1 amide bonds. The Hall–Kier alpha value is -2.92. The van der Waals surface area contributed by atoms with Gasteiger partial charge in [-0.3, -0.25) is 9.59 Å². The molecule has 184 valence electrons. The number of aryl methyl sites for hydroxylation is 1. The number of pyridine rings is 1. The number of nitrogens with zero attached hydrogens (tertiary/aromatic N) is 3. The van der Waals surface area contributed by atoms with E-state index in [0.717, 1.165) is 62.6 Å². The molecular formula is C30H37N3O2. The van der Waals surface area contributed by atoms with Crippen LogP contribution in [-0.2, 0) is 18.4 Å². The van der Waals surface area contributed by atoms with Crippen LogP contribution in [-0.4, -0.2) is 46.5 Å². The Bertz CT molecular complexity index is 1210. The summed E-state index contributed by atoms with van der Waals surface area (Å²) >= 11 is 0. The standard InChI is InChI=1S/C30H37N3O2/c1-31-28-15-9-8-14-25(28)20-27(29(31)34)22-33(30(35)24-12-6-3-7-13-24)19-18-32-17-16-26(21-32)23-10-4-2-5-11-23/h2,4-5,8-11,14-15,20,24,26H,3,6-7,12-13,16-19,21-22H2,1H3. The van der Waals surface area contributed by atoms with Gasteiger partial charge < -0.3 is 14.4 Å². The molecule has 5 heteroatoms. The molecule has 2 aliphatic rings. The maximum atomic E-state index is 13.7. The molecule has 3 aromatic rings. The number of carbonyl (C=O) groups excluding carboxylic acids is 1. The van der Waals surface area contributed by atoms with Gasteiger partial charge in [0.15, 0.2) is 0 Å². The molecule has 0 bridgehead atoms. The normalized spacial score (nSPS) is 19.3. The summed E-state index contributed by atoms with van der Waals surface area (Å²) in [7, 11) is 1.83. The molecule has 1 aromatic heterocycles. The maximum Gasteiger partial charge on any atom is 0.255 e. The molecule has 2 aromatic carbocycles. The van der Waals surface area contributed by atoms with Crippen molar-refractivity contribution in [1.82, 2.24) is 14.4 Å². The number of fused-ring (bicyclic) bond motifs is 1. The molecular weight excluding hydrogens is 434 g/mol.